The number of para-hydroxylation sites is 1. The first kappa shape index (κ1) is 40.9. The van der Waals surface area contributed by atoms with E-state index in [1.165, 1.54) is 127 Å². The lowest BCUT2D eigenvalue weighted by atomic mass is 9.87. The molecule has 0 aliphatic heterocycles. The molecule has 3 nitrogen and oxygen atoms in total. The van der Waals surface area contributed by atoms with E-state index in [1.54, 1.807) is 0 Å². The summed E-state index contributed by atoms with van der Waals surface area (Å²) in [6, 6.07) is 71.2. The zero-order valence-electron chi connectivity index (χ0n) is 39.5. The molecule has 9 aromatic carbocycles. The van der Waals surface area contributed by atoms with Gasteiger partial charge in [0, 0.05) is 49.4 Å². The Morgan fingerprint density at radius 2 is 0.761 bits per heavy atom. The summed E-state index contributed by atoms with van der Waals surface area (Å²) in [5.41, 5.74) is 21.0. The molecular weight excluding hydrogens is 811 g/mol. The van der Waals surface area contributed by atoms with Crippen molar-refractivity contribution in [2.75, 3.05) is 0 Å². The first-order valence-electron chi connectivity index (χ1n) is 24.0. The van der Waals surface area contributed by atoms with Gasteiger partial charge in [-0.05, 0) is 173 Å². The topological polar surface area (TPSA) is 14.8 Å². The van der Waals surface area contributed by atoms with E-state index in [9.17, 15) is 0 Å². The van der Waals surface area contributed by atoms with E-state index in [4.69, 9.17) is 0 Å². The highest BCUT2D eigenvalue weighted by Crippen LogP contribution is 2.42. The third-order valence-electron chi connectivity index (χ3n) is 14.4. The van der Waals surface area contributed by atoms with Crippen molar-refractivity contribution < 1.29 is 0 Å². The van der Waals surface area contributed by atoms with Crippen LogP contribution in [0.1, 0.15) is 69.7 Å². The summed E-state index contributed by atoms with van der Waals surface area (Å²) in [5, 5.41) is 7.59. The number of aryl methyl sites for hydroxylation is 2. The third-order valence-corrected chi connectivity index (χ3v) is 14.4. The molecule has 0 spiro atoms. The minimum atomic E-state index is 0.0692. The Balaban J connectivity index is 1.05. The van der Waals surface area contributed by atoms with Crippen molar-refractivity contribution in [1.29, 1.82) is 0 Å². The minimum absolute atomic E-state index is 0.0692. The number of rotatable bonds is 7. The predicted octanol–water partition coefficient (Wildman–Crippen LogP) is 17.6. The van der Waals surface area contributed by atoms with E-state index in [2.05, 4.69) is 250 Å². The standard InChI is InChI=1S/C64H55N3/c1-8-42-15-24-50(25-16-42)66-59-29-17-43(40(2)3)35-53(59)55-37-45(19-31-61(55)66)47-21-33-63-57(39-47)56-38-46(20-32-62(56)67(63)51-26-22-48(23-27-51)64(5,6)7)44-18-30-60-54(36-44)52-34-41(4)14-28-58(52)65(60)49-12-10-9-11-13-49/h9-40H,8H2,1-7H3. The average molecular weight is 866 g/mol. The molecule has 12 aromatic rings. The van der Waals surface area contributed by atoms with Gasteiger partial charge in [0.2, 0.25) is 0 Å². The van der Waals surface area contributed by atoms with Crippen LogP contribution in [0.4, 0.5) is 0 Å². The van der Waals surface area contributed by atoms with Crippen LogP contribution in [0, 0.1) is 6.92 Å². The highest BCUT2D eigenvalue weighted by atomic mass is 15.0. The van der Waals surface area contributed by atoms with Crippen LogP contribution in [0.3, 0.4) is 0 Å². The van der Waals surface area contributed by atoms with Crippen molar-refractivity contribution in [3.63, 3.8) is 0 Å². The van der Waals surface area contributed by atoms with Crippen LogP contribution >= 0.6 is 0 Å². The van der Waals surface area contributed by atoms with Gasteiger partial charge in [-0.2, -0.15) is 0 Å². The molecule has 0 atom stereocenters. The van der Waals surface area contributed by atoms with Crippen molar-refractivity contribution in [2.24, 2.45) is 0 Å². The Morgan fingerprint density at radius 1 is 0.388 bits per heavy atom. The van der Waals surface area contributed by atoms with Gasteiger partial charge in [0.1, 0.15) is 0 Å². The lowest BCUT2D eigenvalue weighted by Crippen LogP contribution is -2.10. The normalized spacial score (nSPS) is 12.3. The largest absolute Gasteiger partial charge is 0.309 e. The molecule has 3 aromatic heterocycles. The fraction of sp³-hybridized carbons (Fsp3) is 0.156. The van der Waals surface area contributed by atoms with Crippen LogP contribution < -0.4 is 0 Å². The summed E-state index contributed by atoms with van der Waals surface area (Å²) in [6.07, 6.45) is 1.03. The number of hydrogen-bond acceptors (Lipinski definition) is 0. The number of nitrogens with zero attached hydrogens (tertiary/aromatic N) is 3. The molecule has 0 saturated carbocycles. The first-order chi connectivity index (χ1) is 32.5. The van der Waals surface area contributed by atoms with Crippen LogP contribution in [0.15, 0.2) is 188 Å². The maximum atomic E-state index is 2.46. The maximum Gasteiger partial charge on any atom is 0.0541 e. The molecule has 0 amide bonds. The molecule has 0 unspecified atom stereocenters. The molecule has 0 aliphatic carbocycles. The van der Waals surface area contributed by atoms with Gasteiger partial charge in [-0.1, -0.05) is 126 Å². The van der Waals surface area contributed by atoms with E-state index >= 15 is 0 Å². The van der Waals surface area contributed by atoms with Crippen LogP contribution in [0.5, 0.6) is 0 Å². The number of hydrogen-bond donors (Lipinski definition) is 0. The Hall–Kier alpha value is -7.62. The molecule has 0 aliphatic rings. The molecule has 326 valence electrons. The van der Waals surface area contributed by atoms with E-state index in [0.717, 1.165) is 6.42 Å². The second kappa shape index (κ2) is 15.5. The zero-order chi connectivity index (χ0) is 45.7. The third kappa shape index (κ3) is 6.70. The van der Waals surface area contributed by atoms with Gasteiger partial charge in [-0.25, -0.2) is 0 Å². The minimum Gasteiger partial charge on any atom is -0.309 e. The van der Waals surface area contributed by atoms with Gasteiger partial charge in [-0.3, -0.25) is 0 Å². The fourth-order valence-electron chi connectivity index (χ4n) is 10.7. The first-order valence-corrected chi connectivity index (χ1v) is 24.0. The van der Waals surface area contributed by atoms with Gasteiger partial charge < -0.3 is 13.7 Å². The van der Waals surface area contributed by atoms with Gasteiger partial charge in [0.25, 0.3) is 0 Å². The highest BCUT2D eigenvalue weighted by Gasteiger charge is 2.20. The predicted molar refractivity (Wildman–Crippen MR) is 287 cm³/mol. The Morgan fingerprint density at radius 3 is 1.18 bits per heavy atom. The number of fused-ring (bicyclic) bond motifs is 9. The molecular formula is C64H55N3. The van der Waals surface area contributed by atoms with Crippen molar-refractivity contribution in [1.82, 2.24) is 13.7 Å². The fourth-order valence-corrected chi connectivity index (χ4v) is 10.7. The molecule has 12 rings (SSSR count). The number of benzene rings is 9. The van der Waals surface area contributed by atoms with Crippen LogP contribution in [0.25, 0.3) is 105 Å². The Bertz CT molecular complexity index is 3880. The molecule has 0 N–H and O–H groups in total. The molecule has 0 bridgehead atoms. The van der Waals surface area contributed by atoms with E-state index < -0.39 is 0 Å². The summed E-state index contributed by atoms with van der Waals surface area (Å²) in [6.45, 7) is 15.8. The summed E-state index contributed by atoms with van der Waals surface area (Å²) in [7, 11) is 0. The van der Waals surface area contributed by atoms with Gasteiger partial charge in [0.15, 0.2) is 0 Å². The molecule has 0 fully saturated rings. The summed E-state index contributed by atoms with van der Waals surface area (Å²) in [5.74, 6) is 0.435. The monoisotopic (exact) mass is 865 g/mol. The molecule has 3 heteroatoms. The molecule has 3 heterocycles. The van der Waals surface area contributed by atoms with Crippen LogP contribution in [0.2, 0.25) is 0 Å². The second-order valence-corrected chi connectivity index (χ2v) is 20.0. The van der Waals surface area contributed by atoms with Crippen LogP contribution in [-0.2, 0) is 11.8 Å². The van der Waals surface area contributed by atoms with Crippen molar-refractivity contribution in [3.8, 4) is 39.3 Å². The second-order valence-electron chi connectivity index (χ2n) is 20.0. The summed E-state index contributed by atoms with van der Waals surface area (Å²) >= 11 is 0. The lowest BCUT2D eigenvalue weighted by molar-refractivity contribution is 0.590. The van der Waals surface area contributed by atoms with Crippen LogP contribution in [-0.4, -0.2) is 13.7 Å². The van der Waals surface area contributed by atoms with E-state index in [0.29, 0.717) is 5.92 Å². The maximum absolute atomic E-state index is 2.46. The van der Waals surface area contributed by atoms with E-state index in [1.807, 2.05) is 0 Å². The SMILES string of the molecule is CCc1ccc(-n2c3ccc(-c4ccc5c(c4)c4cc(-c6ccc7c(c6)c6cc(C)ccc6n7-c6ccccc6)ccc4n5-c4ccc(C(C)(C)C)cc4)cc3c3cc(C(C)C)ccc32)cc1. The molecule has 0 saturated heterocycles. The Kier molecular flexibility index (Phi) is 9.45. The van der Waals surface area contributed by atoms with Crippen molar-refractivity contribution >= 4 is 65.4 Å². The summed E-state index contributed by atoms with van der Waals surface area (Å²) < 4.78 is 7.30. The Labute approximate surface area is 393 Å². The lowest BCUT2D eigenvalue weighted by Gasteiger charge is -2.19. The quantitative estimate of drug-likeness (QED) is 0.152. The number of aromatic nitrogens is 3. The molecule has 67 heavy (non-hydrogen) atoms. The molecule has 0 radical (unpaired) electrons. The smallest absolute Gasteiger partial charge is 0.0541 e. The average Bonchev–Trinajstić information content (AvgIpc) is 3.98. The van der Waals surface area contributed by atoms with Crippen molar-refractivity contribution in [2.45, 2.75) is 66.2 Å². The van der Waals surface area contributed by atoms with Crippen molar-refractivity contribution in [3.05, 3.63) is 210 Å². The summed E-state index contributed by atoms with van der Waals surface area (Å²) in [4.78, 5) is 0. The highest BCUT2D eigenvalue weighted by molar-refractivity contribution is 6.14. The van der Waals surface area contributed by atoms with Gasteiger partial charge in [0.05, 0.1) is 33.1 Å². The van der Waals surface area contributed by atoms with E-state index in [-0.39, 0.29) is 5.41 Å². The zero-order valence-corrected chi connectivity index (χ0v) is 39.5. The van der Waals surface area contributed by atoms with Gasteiger partial charge >= 0.3 is 0 Å². The van der Waals surface area contributed by atoms with Gasteiger partial charge in [-0.15, -0.1) is 0 Å².